The maximum atomic E-state index is 12.2. The van der Waals surface area contributed by atoms with Crippen molar-refractivity contribution < 1.29 is 28.9 Å². The molecule has 2 aromatic carbocycles. The highest BCUT2D eigenvalue weighted by atomic mass is 35.5. The minimum Gasteiger partial charge on any atom is -0.490 e. The monoisotopic (exact) mass is 495 g/mol. The van der Waals surface area contributed by atoms with Crippen LogP contribution in [0.3, 0.4) is 0 Å². The van der Waals surface area contributed by atoms with Gasteiger partial charge in [0.25, 0.3) is 5.91 Å². The Kier molecular flexibility index (Phi) is 9.00. The van der Waals surface area contributed by atoms with E-state index in [1.165, 1.54) is 19.2 Å². The van der Waals surface area contributed by atoms with Gasteiger partial charge in [0, 0.05) is 18.1 Å². The third-order valence-electron chi connectivity index (χ3n) is 4.61. The fourth-order valence-electron chi connectivity index (χ4n) is 3.09. The molecule has 3 rings (SSSR count). The summed E-state index contributed by atoms with van der Waals surface area (Å²) in [7, 11) is 1.47. The summed E-state index contributed by atoms with van der Waals surface area (Å²) in [5.74, 6) is 0.619. The number of rotatable bonds is 10. The van der Waals surface area contributed by atoms with Gasteiger partial charge in [-0.1, -0.05) is 23.2 Å². The van der Waals surface area contributed by atoms with E-state index in [0.29, 0.717) is 23.9 Å². The van der Waals surface area contributed by atoms with E-state index >= 15 is 0 Å². The smallest absolute Gasteiger partial charge is 0.254 e. The first-order chi connectivity index (χ1) is 15.9. The van der Waals surface area contributed by atoms with E-state index in [2.05, 4.69) is 5.32 Å². The number of carbonyl (C=O) groups is 1. The van der Waals surface area contributed by atoms with E-state index in [1.54, 1.807) is 29.3 Å². The molecule has 0 aliphatic carbocycles. The molecule has 2 atom stereocenters. The predicted molar refractivity (Wildman–Crippen MR) is 121 cm³/mol. The van der Waals surface area contributed by atoms with Crippen molar-refractivity contribution in [3.63, 3.8) is 0 Å². The highest BCUT2D eigenvalue weighted by Gasteiger charge is 2.27. The Morgan fingerprint density at radius 3 is 2.76 bits per heavy atom. The third-order valence-corrected chi connectivity index (χ3v) is 5.16. The Labute approximate surface area is 201 Å². The van der Waals surface area contributed by atoms with Crippen LogP contribution < -0.4 is 19.5 Å². The number of aliphatic hydroxyl groups excluding tert-OH is 1. The minimum absolute atomic E-state index is 0.119. The van der Waals surface area contributed by atoms with Crippen molar-refractivity contribution in [3.05, 3.63) is 52.0 Å². The van der Waals surface area contributed by atoms with Crippen LogP contribution in [0.25, 0.3) is 0 Å². The molecule has 1 amide bonds. The number of nitrogens with one attached hydrogen (secondary N) is 1. The zero-order valence-electron chi connectivity index (χ0n) is 17.8. The van der Waals surface area contributed by atoms with Gasteiger partial charge in [-0.2, -0.15) is 10.3 Å². The second kappa shape index (κ2) is 11.9. The van der Waals surface area contributed by atoms with Crippen LogP contribution in [0, 0.1) is 11.3 Å². The molecule has 0 aromatic heterocycles. The number of ether oxygens (including phenoxy) is 3. The van der Waals surface area contributed by atoms with Crippen LogP contribution >= 0.6 is 23.2 Å². The van der Waals surface area contributed by atoms with Crippen molar-refractivity contribution in [2.45, 2.75) is 12.2 Å². The van der Waals surface area contributed by atoms with Crippen LogP contribution in [-0.2, 0) is 4.84 Å². The Hall–Kier alpha value is -2.74. The van der Waals surface area contributed by atoms with Crippen molar-refractivity contribution in [2.75, 3.05) is 40.0 Å². The summed E-state index contributed by atoms with van der Waals surface area (Å²) in [6.07, 6.45) is -1.12. The number of aliphatic hydroxyl groups is 1. The van der Waals surface area contributed by atoms with Crippen molar-refractivity contribution in [1.82, 2.24) is 10.4 Å². The first-order valence-electron chi connectivity index (χ1n) is 10.1. The van der Waals surface area contributed by atoms with Gasteiger partial charge >= 0.3 is 0 Å². The number of carbonyl (C=O) groups excluding carboxylic acids is 1. The molecule has 33 heavy (non-hydrogen) atoms. The lowest BCUT2D eigenvalue weighted by atomic mass is 10.1. The lowest BCUT2D eigenvalue weighted by Gasteiger charge is -2.20. The van der Waals surface area contributed by atoms with Crippen molar-refractivity contribution in [2.24, 2.45) is 0 Å². The Balaban J connectivity index is 1.55. The van der Waals surface area contributed by atoms with Crippen LogP contribution in [0.1, 0.15) is 10.4 Å². The van der Waals surface area contributed by atoms with Crippen LogP contribution in [0.2, 0.25) is 10.0 Å². The van der Waals surface area contributed by atoms with E-state index in [1.807, 2.05) is 6.07 Å². The van der Waals surface area contributed by atoms with Crippen LogP contribution in [0.5, 0.6) is 17.2 Å². The zero-order valence-corrected chi connectivity index (χ0v) is 19.3. The highest BCUT2D eigenvalue weighted by molar-refractivity contribution is 6.32. The summed E-state index contributed by atoms with van der Waals surface area (Å²) >= 11 is 12.0. The molecule has 176 valence electrons. The van der Waals surface area contributed by atoms with E-state index in [-0.39, 0.29) is 47.9 Å². The molecule has 2 aromatic rings. The average molecular weight is 496 g/mol. The molecule has 1 fully saturated rings. The van der Waals surface area contributed by atoms with Gasteiger partial charge in [0.05, 0.1) is 23.7 Å². The minimum atomic E-state index is -0.920. The Bertz CT molecular complexity index is 999. The molecule has 0 bridgehead atoms. The number of benzene rings is 2. The molecular weight excluding hydrogens is 473 g/mol. The maximum absolute atomic E-state index is 12.2. The van der Waals surface area contributed by atoms with Gasteiger partial charge in [-0.25, -0.2) is 0 Å². The second-order valence-electron chi connectivity index (χ2n) is 7.11. The molecule has 1 saturated heterocycles. The molecule has 0 unspecified atom stereocenters. The summed E-state index contributed by atoms with van der Waals surface area (Å²) in [5, 5.41) is 24.0. The van der Waals surface area contributed by atoms with Gasteiger partial charge in [-0.05, 0) is 30.3 Å². The van der Waals surface area contributed by atoms with Gasteiger partial charge in [0.15, 0.2) is 6.61 Å². The molecule has 0 saturated carbocycles. The number of hydroxylamine groups is 2. The Morgan fingerprint density at radius 2 is 2.06 bits per heavy atom. The summed E-state index contributed by atoms with van der Waals surface area (Å²) in [6, 6.07) is 11.7. The molecule has 11 heteroatoms. The topological polar surface area (TPSA) is 113 Å². The van der Waals surface area contributed by atoms with Crippen LogP contribution in [-0.4, -0.2) is 68.2 Å². The second-order valence-corrected chi connectivity index (χ2v) is 7.95. The number of amides is 1. The van der Waals surface area contributed by atoms with Gasteiger partial charge in [-0.3, -0.25) is 9.63 Å². The number of nitrogens with zero attached hydrogens (tertiary/aromatic N) is 2. The predicted octanol–water partition coefficient (Wildman–Crippen LogP) is 2.69. The van der Waals surface area contributed by atoms with E-state index < -0.39 is 12.0 Å². The average Bonchev–Trinajstić information content (AvgIpc) is 3.24. The van der Waals surface area contributed by atoms with E-state index in [9.17, 15) is 9.90 Å². The first kappa shape index (κ1) is 24.9. The molecule has 9 nitrogen and oxygen atoms in total. The van der Waals surface area contributed by atoms with Gasteiger partial charge in [-0.15, -0.1) is 0 Å². The van der Waals surface area contributed by atoms with Crippen LogP contribution in [0.15, 0.2) is 36.4 Å². The molecule has 1 heterocycles. The molecule has 1 aliphatic heterocycles. The molecule has 1 aliphatic rings. The quantitative estimate of drug-likeness (QED) is 0.517. The number of halogens is 2. The van der Waals surface area contributed by atoms with Gasteiger partial charge < -0.3 is 24.6 Å². The largest absolute Gasteiger partial charge is 0.490 e. The lowest BCUT2D eigenvalue weighted by Crippen LogP contribution is -2.35. The standard InChI is InChI=1S/C22H23Cl2N3O6/c1-26-22(29)18-8-19(24)21(30-7-6-25)9-20(18)31-12-15(28)10-27-11-17(13-32-27)33-16-4-2-14(23)3-5-16/h2-5,8-9,15,17,28H,7,10-13H2,1H3,(H,26,29)/t15-,17-/m1/s1. The van der Waals surface area contributed by atoms with E-state index in [0.717, 1.165) is 0 Å². The Morgan fingerprint density at radius 1 is 1.30 bits per heavy atom. The lowest BCUT2D eigenvalue weighted by molar-refractivity contribution is -0.131. The van der Waals surface area contributed by atoms with Gasteiger partial charge in [0.2, 0.25) is 0 Å². The summed E-state index contributed by atoms with van der Waals surface area (Å²) in [4.78, 5) is 17.8. The summed E-state index contributed by atoms with van der Waals surface area (Å²) < 4.78 is 16.8. The molecule has 0 radical (unpaired) electrons. The number of nitriles is 1. The third kappa shape index (κ3) is 7.12. The normalized spacial score (nSPS) is 16.6. The van der Waals surface area contributed by atoms with Crippen molar-refractivity contribution in [1.29, 1.82) is 5.26 Å². The van der Waals surface area contributed by atoms with Crippen LogP contribution in [0.4, 0.5) is 0 Å². The van der Waals surface area contributed by atoms with Crippen molar-refractivity contribution >= 4 is 29.1 Å². The molecule has 2 N–H and O–H groups in total. The molecular formula is C22H23Cl2N3O6. The number of β-amino-alcohol motifs (C(OH)–C–C–N with tert-alkyl or cyclic N) is 1. The number of hydrogen-bond acceptors (Lipinski definition) is 8. The van der Waals surface area contributed by atoms with Gasteiger partial charge in [0.1, 0.15) is 48.7 Å². The summed E-state index contributed by atoms with van der Waals surface area (Å²) in [6.45, 7) is 0.629. The molecule has 0 spiro atoms. The fraction of sp³-hybridized carbons (Fsp3) is 0.364. The fourth-order valence-corrected chi connectivity index (χ4v) is 3.43. The number of hydrogen-bond donors (Lipinski definition) is 2. The summed E-state index contributed by atoms with van der Waals surface area (Å²) in [5.41, 5.74) is 0.174. The van der Waals surface area contributed by atoms with Crippen molar-refractivity contribution in [3.8, 4) is 23.3 Å². The first-order valence-corrected chi connectivity index (χ1v) is 10.8. The highest BCUT2D eigenvalue weighted by Crippen LogP contribution is 2.33. The SMILES string of the molecule is CNC(=O)c1cc(Cl)c(OCC#N)cc1OC[C@H](O)CN1C[C@@H](Oc2ccc(Cl)cc2)CO1. The van der Waals surface area contributed by atoms with E-state index in [4.69, 9.17) is 47.5 Å². The zero-order chi connectivity index (χ0) is 23.8. The maximum Gasteiger partial charge on any atom is 0.254 e.